The molecule has 1 fully saturated rings. The van der Waals surface area contributed by atoms with Gasteiger partial charge in [0.25, 0.3) is 11.6 Å². The molecule has 3 rings (SSSR count). The third-order valence-electron chi connectivity index (χ3n) is 3.69. The van der Waals surface area contributed by atoms with Gasteiger partial charge in [0.1, 0.15) is 5.52 Å². The molecule has 1 aromatic carbocycles. The standard InChI is InChI=1S/C14H15FN4O4/c1-16-12(20)10-6-19(14(21)23-10)7-4-8(15)11-9(5-7)22-13(17-2)18(11)3/h4-5,10H,6H2,1-3H3,(H,16,20)/t10-/m1/s1. The highest BCUT2D eigenvalue weighted by atomic mass is 19.1. The number of likely N-dealkylation sites (N-methyl/N-ethyl adjacent to an activating group) is 1. The normalized spacial score (nSPS) is 18.6. The summed E-state index contributed by atoms with van der Waals surface area (Å²) in [5.41, 5.74) is 0.996. The number of aryl methyl sites for hydroxylation is 1. The summed E-state index contributed by atoms with van der Waals surface area (Å²) in [6, 6.07) is 2.71. The van der Waals surface area contributed by atoms with E-state index in [4.69, 9.17) is 9.15 Å². The van der Waals surface area contributed by atoms with Crippen molar-refractivity contribution in [3.05, 3.63) is 23.6 Å². The molecule has 0 aliphatic carbocycles. The summed E-state index contributed by atoms with van der Waals surface area (Å²) < 4.78 is 26.3. The molecule has 1 aliphatic heterocycles. The van der Waals surface area contributed by atoms with Crippen LogP contribution in [-0.4, -0.2) is 43.3 Å². The van der Waals surface area contributed by atoms with Crippen molar-refractivity contribution in [3.63, 3.8) is 0 Å². The Morgan fingerprint density at radius 2 is 2.22 bits per heavy atom. The molecule has 2 amide bonds. The zero-order valence-corrected chi connectivity index (χ0v) is 12.8. The SMILES string of the molecule is CN=c1oc2cc(N3C[C@H](C(=O)NC)OC3=O)cc(F)c2n1C. The van der Waals surface area contributed by atoms with Gasteiger partial charge in [-0.25, -0.2) is 14.2 Å². The van der Waals surface area contributed by atoms with Crippen molar-refractivity contribution in [2.75, 3.05) is 25.5 Å². The molecule has 122 valence electrons. The largest absolute Gasteiger partial charge is 0.434 e. The van der Waals surface area contributed by atoms with Crippen molar-refractivity contribution in [2.24, 2.45) is 12.0 Å². The van der Waals surface area contributed by atoms with E-state index >= 15 is 0 Å². The minimum atomic E-state index is -0.930. The lowest BCUT2D eigenvalue weighted by molar-refractivity contribution is -0.127. The first-order valence-electron chi connectivity index (χ1n) is 6.88. The predicted octanol–water partition coefficient (Wildman–Crippen LogP) is 0.512. The van der Waals surface area contributed by atoms with Gasteiger partial charge in [-0.2, -0.15) is 0 Å². The van der Waals surface area contributed by atoms with Gasteiger partial charge in [0.15, 0.2) is 17.5 Å². The highest BCUT2D eigenvalue weighted by molar-refractivity contribution is 5.96. The topological polar surface area (TPSA) is 89.1 Å². The van der Waals surface area contributed by atoms with Crippen LogP contribution in [0.4, 0.5) is 14.9 Å². The second kappa shape index (κ2) is 5.41. The molecule has 8 nitrogen and oxygen atoms in total. The first kappa shape index (κ1) is 15.1. The van der Waals surface area contributed by atoms with Gasteiger partial charge in [-0.3, -0.25) is 14.3 Å². The van der Waals surface area contributed by atoms with Crippen LogP contribution in [0, 0.1) is 5.82 Å². The number of hydrogen-bond donors (Lipinski definition) is 1. The predicted molar refractivity (Wildman–Crippen MR) is 78.3 cm³/mol. The molecule has 0 bridgehead atoms. The van der Waals surface area contributed by atoms with Crippen LogP contribution < -0.4 is 15.9 Å². The van der Waals surface area contributed by atoms with Crippen LogP contribution in [-0.2, 0) is 16.6 Å². The Hall–Kier alpha value is -2.84. The molecule has 0 unspecified atom stereocenters. The third kappa shape index (κ3) is 2.33. The molecule has 1 N–H and O–H groups in total. The van der Waals surface area contributed by atoms with Gasteiger partial charge in [-0.05, 0) is 0 Å². The fourth-order valence-electron chi connectivity index (χ4n) is 2.55. The Balaban J connectivity index is 2.04. The fraction of sp³-hybridized carbons (Fsp3) is 0.357. The van der Waals surface area contributed by atoms with Crippen molar-refractivity contribution in [2.45, 2.75) is 6.10 Å². The van der Waals surface area contributed by atoms with Crippen LogP contribution in [0.1, 0.15) is 0 Å². The Morgan fingerprint density at radius 3 is 2.87 bits per heavy atom. The van der Waals surface area contributed by atoms with Crippen molar-refractivity contribution < 1.29 is 23.1 Å². The van der Waals surface area contributed by atoms with E-state index in [1.165, 1.54) is 35.7 Å². The van der Waals surface area contributed by atoms with Gasteiger partial charge in [-0.1, -0.05) is 0 Å². The van der Waals surface area contributed by atoms with Crippen LogP contribution in [0.15, 0.2) is 21.5 Å². The summed E-state index contributed by atoms with van der Waals surface area (Å²) in [5.74, 6) is -0.978. The summed E-state index contributed by atoms with van der Waals surface area (Å²) >= 11 is 0. The minimum absolute atomic E-state index is 0.00129. The number of nitrogens with one attached hydrogen (secondary N) is 1. The maximum atomic E-state index is 14.4. The quantitative estimate of drug-likeness (QED) is 0.872. The van der Waals surface area contributed by atoms with E-state index in [1.54, 1.807) is 7.05 Å². The summed E-state index contributed by atoms with van der Waals surface area (Å²) in [4.78, 5) is 28.6. The molecule has 1 saturated heterocycles. The number of carbonyl (C=O) groups excluding carboxylic acids is 2. The lowest BCUT2D eigenvalue weighted by Crippen LogP contribution is -2.35. The van der Waals surface area contributed by atoms with Gasteiger partial charge in [0.2, 0.25) is 0 Å². The number of hydrogen-bond acceptors (Lipinski definition) is 5. The average Bonchev–Trinajstić information content (AvgIpc) is 3.07. The minimum Gasteiger partial charge on any atom is -0.434 e. The molecule has 0 saturated carbocycles. The average molecular weight is 322 g/mol. The van der Waals surface area contributed by atoms with Gasteiger partial charge in [-0.15, -0.1) is 0 Å². The van der Waals surface area contributed by atoms with Crippen LogP contribution >= 0.6 is 0 Å². The maximum Gasteiger partial charge on any atom is 0.415 e. The number of halogens is 1. The summed E-state index contributed by atoms with van der Waals surface area (Å²) in [6.07, 6.45) is -1.64. The Kier molecular flexibility index (Phi) is 3.55. The van der Waals surface area contributed by atoms with Crippen molar-refractivity contribution in [1.82, 2.24) is 9.88 Å². The number of rotatable bonds is 2. The van der Waals surface area contributed by atoms with Crippen molar-refractivity contribution in [3.8, 4) is 0 Å². The maximum absolute atomic E-state index is 14.4. The molecule has 1 aliphatic rings. The van der Waals surface area contributed by atoms with Crippen LogP contribution in [0.3, 0.4) is 0 Å². The zero-order chi connectivity index (χ0) is 16.7. The van der Waals surface area contributed by atoms with Crippen LogP contribution in [0.5, 0.6) is 0 Å². The lowest BCUT2D eigenvalue weighted by atomic mass is 10.2. The molecule has 9 heteroatoms. The van der Waals surface area contributed by atoms with E-state index in [9.17, 15) is 14.0 Å². The second-order valence-corrected chi connectivity index (χ2v) is 5.04. The van der Waals surface area contributed by atoms with Gasteiger partial charge >= 0.3 is 6.09 Å². The number of fused-ring (bicyclic) bond motifs is 1. The molecular weight excluding hydrogens is 307 g/mol. The zero-order valence-electron chi connectivity index (χ0n) is 12.8. The van der Waals surface area contributed by atoms with Crippen LogP contribution in [0.25, 0.3) is 11.1 Å². The summed E-state index contributed by atoms with van der Waals surface area (Å²) in [6.45, 7) is 0.00129. The second-order valence-electron chi connectivity index (χ2n) is 5.04. The molecule has 2 aromatic rings. The number of ether oxygens (including phenoxy) is 1. The molecule has 1 aromatic heterocycles. The van der Waals surface area contributed by atoms with Gasteiger partial charge in [0.05, 0.1) is 12.2 Å². The number of oxazole rings is 1. The first-order chi connectivity index (χ1) is 11.0. The molecule has 23 heavy (non-hydrogen) atoms. The van der Waals surface area contributed by atoms with E-state index in [1.807, 2.05) is 0 Å². The smallest absolute Gasteiger partial charge is 0.415 e. The highest BCUT2D eigenvalue weighted by Crippen LogP contribution is 2.27. The number of anilines is 1. The van der Waals surface area contributed by atoms with Gasteiger partial charge < -0.3 is 14.5 Å². The lowest BCUT2D eigenvalue weighted by Gasteiger charge is -2.12. The first-order valence-corrected chi connectivity index (χ1v) is 6.88. The van der Waals surface area contributed by atoms with Crippen molar-refractivity contribution in [1.29, 1.82) is 0 Å². The number of carbonyl (C=O) groups is 2. The Bertz CT molecular complexity index is 870. The van der Waals surface area contributed by atoms with Crippen LogP contribution in [0.2, 0.25) is 0 Å². The molecule has 0 radical (unpaired) electrons. The number of aromatic nitrogens is 1. The number of amides is 2. The Labute approximate surface area is 130 Å². The molecule has 2 heterocycles. The number of nitrogens with zero attached hydrogens (tertiary/aromatic N) is 3. The third-order valence-corrected chi connectivity index (χ3v) is 3.69. The van der Waals surface area contributed by atoms with E-state index < -0.39 is 23.9 Å². The van der Waals surface area contributed by atoms with E-state index in [-0.39, 0.29) is 29.0 Å². The number of cyclic esters (lactones) is 1. The fourth-order valence-corrected chi connectivity index (χ4v) is 2.55. The molecule has 1 atom stereocenters. The van der Waals surface area contributed by atoms with E-state index in [0.29, 0.717) is 0 Å². The van der Waals surface area contributed by atoms with E-state index in [2.05, 4.69) is 10.3 Å². The molecular formula is C14H15FN4O4. The van der Waals surface area contributed by atoms with Gasteiger partial charge in [0, 0.05) is 33.3 Å². The van der Waals surface area contributed by atoms with E-state index in [0.717, 1.165) is 0 Å². The molecule has 0 spiro atoms. The summed E-state index contributed by atoms with van der Waals surface area (Å²) in [5, 5.41) is 2.41. The highest BCUT2D eigenvalue weighted by Gasteiger charge is 2.37. The number of benzene rings is 1. The van der Waals surface area contributed by atoms with Crippen molar-refractivity contribution >= 4 is 28.8 Å². The summed E-state index contributed by atoms with van der Waals surface area (Å²) in [7, 11) is 4.61. The monoisotopic (exact) mass is 322 g/mol. The Morgan fingerprint density at radius 1 is 1.48 bits per heavy atom.